The summed E-state index contributed by atoms with van der Waals surface area (Å²) in [6.07, 6.45) is 2.03. The predicted octanol–water partition coefficient (Wildman–Crippen LogP) is 0.258. The minimum atomic E-state index is -1.25. The van der Waals surface area contributed by atoms with Crippen molar-refractivity contribution in [3.05, 3.63) is 22.4 Å². The molecular weight excluding hydrogens is 300 g/mol. The Labute approximate surface area is 123 Å². The van der Waals surface area contributed by atoms with Gasteiger partial charge in [0.15, 0.2) is 0 Å². The Morgan fingerprint density at radius 3 is 2.71 bits per heavy atom. The Morgan fingerprint density at radius 2 is 2.19 bits per heavy atom. The third kappa shape index (κ3) is 3.51. The average molecular weight is 314 g/mol. The first-order valence-corrected chi connectivity index (χ1v) is 7.38. The van der Waals surface area contributed by atoms with Crippen LogP contribution >= 0.6 is 11.8 Å². The molecule has 9 nitrogen and oxygen atoms in total. The zero-order chi connectivity index (χ0) is 15.5. The summed E-state index contributed by atoms with van der Waals surface area (Å²) in [5.41, 5.74) is -1.25. The number of carbonyl (C=O) groups excluding carboxylic acids is 1. The predicted molar refractivity (Wildman–Crippen MR) is 73.9 cm³/mol. The summed E-state index contributed by atoms with van der Waals surface area (Å²) < 4.78 is 1.11. The van der Waals surface area contributed by atoms with Crippen molar-refractivity contribution in [1.82, 2.24) is 15.1 Å². The summed E-state index contributed by atoms with van der Waals surface area (Å²) in [5, 5.41) is 26.0. The van der Waals surface area contributed by atoms with Crippen molar-refractivity contribution in [3.8, 4) is 0 Å². The number of nitrogens with one attached hydrogen (secondary N) is 1. The highest BCUT2D eigenvalue weighted by molar-refractivity contribution is 7.99. The van der Waals surface area contributed by atoms with E-state index in [9.17, 15) is 24.8 Å². The molecule has 10 heteroatoms. The van der Waals surface area contributed by atoms with Crippen molar-refractivity contribution in [2.75, 3.05) is 11.5 Å². The maximum Gasteiger partial charge on any atom is 0.389 e. The van der Waals surface area contributed by atoms with Crippen molar-refractivity contribution in [1.29, 1.82) is 0 Å². The average Bonchev–Trinajstić information content (AvgIpc) is 2.88. The normalized spacial score (nSPS) is 17.1. The number of carboxylic acids is 1. The minimum Gasteiger partial charge on any atom is -0.480 e. The Bertz CT molecular complexity index is 567. The lowest BCUT2D eigenvalue weighted by Crippen LogP contribution is -2.57. The number of hydrogen-bond acceptors (Lipinski definition) is 6. The van der Waals surface area contributed by atoms with Crippen LogP contribution in [0.1, 0.15) is 12.8 Å². The Hall–Kier alpha value is -2.10. The quantitative estimate of drug-likeness (QED) is 0.589. The zero-order valence-electron chi connectivity index (χ0n) is 11.0. The second-order valence-corrected chi connectivity index (χ2v) is 5.90. The number of nitrogens with zero attached hydrogens (tertiary/aromatic N) is 3. The SMILES string of the molecule is O=C(Cn1ccc([N+](=O)[O-])n1)NC1(C(=O)O)CCSCC1. The number of rotatable bonds is 5. The van der Waals surface area contributed by atoms with Gasteiger partial charge in [0.05, 0.1) is 17.4 Å². The van der Waals surface area contributed by atoms with E-state index < -0.39 is 22.3 Å². The van der Waals surface area contributed by atoms with Crippen molar-refractivity contribution < 1.29 is 19.6 Å². The fraction of sp³-hybridized carbons (Fsp3) is 0.545. The van der Waals surface area contributed by atoms with E-state index in [0.717, 1.165) is 4.68 Å². The first-order chi connectivity index (χ1) is 9.93. The molecule has 1 aromatic rings. The van der Waals surface area contributed by atoms with Crippen LogP contribution in [0.15, 0.2) is 12.3 Å². The summed E-state index contributed by atoms with van der Waals surface area (Å²) in [6, 6.07) is 1.18. The maximum atomic E-state index is 12.0. The molecule has 0 saturated carbocycles. The molecule has 0 aromatic carbocycles. The van der Waals surface area contributed by atoms with E-state index in [4.69, 9.17) is 0 Å². The van der Waals surface area contributed by atoms with Crippen molar-refractivity contribution in [3.63, 3.8) is 0 Å². The van der Waals surface area contributed by atoms with Crippen molar-refractivity contribution in [2.45, 2.75) is 24.9 Å². The Morgan fingerprint density at radius 1 is 1.52 bits per heavy atom. The van der Waals surface area contributed by atoms with Crippen LogP contribution in [0, 0.1) is 10.1 Å². The third-order valence-electron chi connectivity index (χ3n) is 3.25. The fourth-order valence-corrected chi connectivity index (χ4v) is 3.29. The number of thioether (sulfide) groups is 1. The molecule has 1 amide bonds. The molecule has 1 fully saturated rings. The van der Waals surface area contributed by atoms with Crippen LogP contribution in [0.2, 0.25) is 0 Å². The van der Waals surface area contributed by atoms with Crippen LogP contribution in [0.5, 0.6) is 0 Å². The van der Waals surface area contributed by atoms with Crippen LogP contribution < -0.4 is 5.32 Å². The first-order valence-electron chi connectivity index (χ1n) is 6.23. The molecule has 21 heavy (non-hydrogen) atoms. The van der Waals surface area contributed by atoms with E-state index in [1.807, 2.05) is 0 Å². The van der Waals surface area contributed by atoms with Gasteiger partial charge in [0, 0.05) is 0 Å². The Balaban J connectivity index is 2.02. The van der Waals surface area contributed by atoms with Gasteiger partial charge in [-0.3, -0.25) is 4.79 Å². The van der Waals surface area contributed by atoms with Crippen molar-refractivity contribution >= 4 is 29.5 Å². The van der Waals surface area contributed by atoms with Crippen LogP contribution in [-0.4, -0.2) is 48.7 Å². The topological polar surface area (TPSA) is 127 Å². The van der Waals surface area contributed by atoms with Crippen LogP contribution in [0.4, 0.5) is 5.82 Å². The van der Waals surface area contributed by atoms with Gasteiger partial charge in [-0.25, -0.2) is 4.79 Å². The van der Waals surface area contributed by atoms with Gasteiger partial charge in [-0.05, 0) is 29.3 Å². The molecule has 1 aliphatic heterocycles. The van der Waals surface area contributed by atoms with Crippen molar-refractivity contribution in [2.24, 2.45) is 0 Å². The lowest BCUT2D eigenvalue weighted by Gasteiger charge is -2.33. The fourth-order valence-electron chi connectivity index (χ4n) is 2.10. The number of carbonyl (C=O) groups is 2. The number of aliphatic carboxylic acids is 1. The van der Waals surface area contributed by atoms with E-state index in [2.05, 4.69) is 10.4 Å². The molecule has 0 spiro atoms. The number of amides is 1. The van der Waals surface area contributed by atoms with E-state index in [1.165, 1.54) is 12.3 Å². The molecule has 1 aliphatic rings. The molecule has 0 unspecified atom stereocenters. The second-order valence-electron chi connectivity index (χ2n) is 4.68. The highest BCUT2D eigenvalue weighted by Crippen LogP contribution is 2.27. The molecule has 1 aromatic heterocycles. The molecule has 114 valence electrons. The number of hydrogen-bond donors (Lipinski definition) is 2. The Kier molecular flexibility index (Phi) is 4.46. The lowest BCUT2D eigenvalue weighted by molar-refractivity contribution is -0.389. The molecule has 0 radical (unpaired) electrons. The van der Waals surface area contributed by atoms with E-state index in [0.29, 0.717) is 24.3 Å². The smallest absolute Gasteiger partial charge is 0.389 e. The summed E-state index contributed by atoms with van der Waals surface area (Å²) in [6.45, 7) is -0.254. The molecule has 2 N–H and O–H groups in total. The minimum absolute atomic E-state index is 0.254. The monoisotopic (exact) mass is 314 g/mol. The molecule has 0 aliphatic carbocycles. The number of aromatic nitrogens is 2. The lowest BCUT2D eigenvalue weighted by atomic mass is 9.92. The highest BCUT2D eigenvalue weighted by Gasteiger charge is 2.41. The van der Waals surface area contributed by atoms with Crippen LogP contribution in [-0.2, 0) is 16.1 Å². The van der Waals surface area contributed by atoms with Gasteiger partial charge in [0.25, 0.3) is 0 Å². The molecule has 0 bridgehead atoms. The van der Waals surface area contributed by atoms with Gasteiger partial charge < -0.3 is 20.5 Å². The van der Waals surface area contributed by atoms with Gasteiger partial charge in [0.2, 0.25) is 5.91 Å². The van der Waals surface area contributed by atoms with Crippen LogP contribution in [0.3, 0.4) is 0 Å². The summed E-state index contributed by atoms with van der Waals surface area (Å²) in [4.78, 5) is 33.2. The van der Waals surface area contributed by atoms with Gasteiger partial charge in [-0.1, -0.05) is 0 Å². The standard InChI is InChI=1S/C11H14N4O5S/c16-9(7-14-4-1-8(13-14)15(19)20)12-11(10(17)18)2-5-21-6-3-11/h1,4H,2-3,5-7H2,(H,12,16)(H,17,18). The third-order valence-corrected chi connectivity index (χ3v) is 4.24. The molecule has 2 rings (SSSR count). The molecule has 0 atom stereocenters. The van der Waals surface area contributed by atoms with Gasteiger partial charge in [-0.15, -0.1) is 0 Å². The van der Waals surface area contributed by atoms with Gasteiger partial charge >= 0.3 is 11.8 Å². The largest absolute Gasteiger partial charge is 0.480 e. The number of carboxylic acid groups (broad SMARTS) is 1. The van der Waals surface area contributed by atoms with E-state index >= 15 is 0 Å². The summed E-state index contributed by atoms with van der Waals surface area (Å²) in [7, 11) is 0. The molecular formula is C11H14N4O5S. The zero-order valence-corrected chi connectivity index (χ0v) is 11.8. The van der Waals surface area contributed by atoms with Gasteiger partial charge in [-0.2, -0.15) is 16.4 Å². The number of nitro groups is 1. The van der Waals surface area contributed by atoms with Crippen LogP contribution in [0.25, 0.3) is 0 Å². The summed E-state index contributed by atoms with van der Waals surface area (Å²) >= 11 is 1.65. The maximum absolute atomic E-state index is 12.0. The first kappa shape index (κ1) is 15.3. The highest BCUT2D eigenvalue weighted by atomic mass is 32.2. The van der Waals surface area contributed by atoms with E-state index in [-0.39, 0.29) is 12.4 Å². The van der Waals surface area contributed by atoms with E-state index in [1.54, 1.807) is 11.8 Å². The molecule has 2 heterocycles. The van der Waals surface area contributed by atoms with Gasteiger partial charge in [0.1, 0.15) is 12.1 Å². The summed E-state index contributed by atoms with van der Waals surface area (Å²) in [5.74, 6) is -0.602. The molecule has 1 saturated heterocycles. The second kappa shape index (κ2) is 6.12.